The van der Waals surface area contributed by atoms with Crippen LogP contribution in [0, 0.1) is 0 Å². The van der Waals surface area contributed by atoms with E-state index in [2.05, 4.69) is 92.1 Å². The number of allylic oxidation sites excluding steroid dienone is 6. The summed E-state index contributed by atoms with van der Waals surface area (Å²) >= 11 is -1.70. The van der Waals surface area contributed by atoms with Crippen molar-refractivity contribution in [3.63, 3.8) is 0 Å². The van der Waals surface area contributed by atoms with E-state index in [1.807, 2.05) is 3.28 Å². The average Bonchev–Trinajstić information content (AvgIpc) is 3.23. The molecule has 0 saturated heterocycles. The molecule has 0 saturated carbocycles. The first kappa shape index (κ1) is 23.9. The molecule has 0 radical (unpaired) electrons. The van der Waals surface area contributed by atoms with Crippen LogP contribution in [0.15, 0.2) is 75.6 Å². The maximum absolute atomic E-state index is 2.64. The Morgan fingerprint density at radius 2 is 1.54 bits per heavy atom. The van der Waals surface area contributed by atoms with Crippen molar-refractivity contribution in [1.29, 1.82) is 0 Å². The Balaban J connectivity index is 0.00000140. The van der Waals surface area contributed by atoms with Crippen LogP contribution in [-0.4, -0.2) is 9.98 Å². The summed E-state index contributed by atoms with van der Waals surface area (Å²) in [6, 6.07) is 20.2. The molecule has 0 nitrogen and oxygen atoms in total. The van der Waals surface area contributed by atoms with E-state index in [0.717, 1.165) is 3.63 Å². The number of fused-ring (bicyclic) bond motifs is 1. The molecule has 0 fully saturated rings. The second-order valence-corrected chi connectivity index (χ2v) is 36.3. The molecular formula is C24H26Cl2GeZr. The molecule has 0 N–H and O–H groups in total. The van der Waals surface area contributed by atoms with Crippen molar-refractivity contribution in [3.8, 4) is 0 Å². The maximum atomic E-state index is 2.64. The van der Waals surface area contributed by atoms with Crippen molar-refractivity contribution in [2.75, 3.05) is 0 Å². The number of hydrogen-bond acceptors (Lipinski definition) is 0. The summed E-state index contributed by atoms with van der Waals surface area (Å²) in [5.41, 5.74) is 9.26. The van der Waals surface area contributed by atoms with Gasteiger partial charge in [-0.2, -0.15) is 0 Å². The molecule has 0 spiro atoms. The van der Waals surface area contributed by atoms with Crippen LogP contribution in [0.3, 0.4) is 0 Å². The zero-order chi connectivity index (χ0) is 18.3. The third kappa shape index (κ3) is 4.39. The van der Waals surface area contributed by atoms with Crippen molar-refractivity contribution in [2.45, 2.75) is 35.4 Å². The Hall–Kier alpha value is -0.334. The summed E-state index contributed by atoms with van der Waals surface area (Å²) in [6.45, 7) is 4.76. The van der Waals surface area contributed by atoms with Gasteiger partial charge in [0.25, 0.3) is 0 Å². The molecule has 0 bridgehead atoms. The monoisotopic (exact) mass is 548 g/mol. The third-order valence-corrected chi connectivity index (χ3v) is 35.2. The molecule has 0 amide bonds. The van der Waals surface area contributed by atoms with Gasteiger partial charge in [0.05, 0.1) is 0 Å². The Morgan fingerprint density at radius 1 is 0.893 bits per heavy atom. The topological polar surface area (TPSA) is 0 Å². The maximum Gasteiger partial charge on any atom is -1.00 e. The zero-order valence-corrected chi connectivity index (χ0v) is 23.0. The molecule has 4 heteroatoms. The third-order valence-electron chi connectivity index (χ3n) is 5.85. The van der Waals surface area contributed by atoms with Crippen LogP contribution in [0.4, 0.5) is 0 Å². The first-order valence-corrected chi connectivity index (χ1v) is 23.8. The zero-order valence-electron chi connectivity index (χ0n) is 16.9. The Labute approximate surface area is 190 Å². The summed E-state index contributed by atoms with van der Waals surface area (Å²) in [7, 11) is -0.974. The predicted molar refractivity (Wildman–Crippen MR) is 112 cm³/mol. The summed E-state index contributed by atoms with van der Waals surface area (Å²) in [4.78, 5) is 0. The molecule has 2 aliphatic carbocycles. The molecule has 0 aromatic heterocycles. The van der Waals surface area contributed by atoms with E-state index in [-0.39, 0.29) is 24.8 Å². The standard InChI is InChI=1S/C11H11.C11H9.C2H6Ge.2ClH.Zr/c1-8-7-10-5-3-4-6-11(10)9(8)2;1-2-6-10(7-3-1)11-8-4-5-9-11;1-3-2;;;/h3-7H,1-2H3;1-3,6-9H,4H2;1-2H3;2*1H;/q;;;;;+2/p-2. The van der Waals surface area contributed by atoms with E-state index in [9.17, 15) is 0 Å². The Morgan fingerprint density at radius 3 is 2.21 bits per heavy atom. The van der Waals surface area contributed by atoms with Crippen LogP contribution in [-0.2, 0) is 18.6 Å². The van der Waals surface area contributed by atoms with Gasteiger partial charge in [0.1, 0.15) is 0 Å². The molecule has 0 aliphatic heterocycles. The van der Waals surface area contributed by atoms with Crippen LogP contribution < -0.4 is 24.8 Å². The predicted octanol–water partition coefficient (Wildman–Crippen LogP) is 0.783. The molecule has 4 rings (SSSR count). The van der Waals surface area contributed by atoms with Crippen LogP contribution >= 0.6 is 0 Å². The van der Waals surface area contributed by atoms with E-state index < -0.39 is 28.6 Å². The molecule has 2 aromatic carbocycles. The first-order valence-electron chi connectivity index (χ1n) is 9.48. The second-order valence-electron chi connectivity index (χ2n) is 7.64. The second kappa shape index (κ2) is 10.1. The average molecular weight is 549 g/mol. The first-order chi connectivity index (χ1) is 12.6. The molecule has 144 valence electrons. The molecule has 2 aromatic rings. The number of hydrogen-bond donors (Lipinski definition) is 0. The van der Waals surface area contributed by atoms with E-state index in [4.69, 9.17) is 0 Å². The van der Waals surface area contributed by atoms with Gasteiger partial charge < -0.3 is 24.8 Å². The van der Waals surface area contributed by atoms with Crippen molar-refractivity contribution >= 4 is 21.1 Å². The van der Waals surface area contributed by atoms with Gasteiger partial charge >= 0.3 is 167 Å². The van der Waals surface area contributed by atoms with Gasteiger partial charge in [-0.1, -0.05) is 0 Å². The number of benzene rings is 2. The normalized spacial score (nSPS) is 16.9. The van der Waals surface area contributed by atoms with Crippen molar-refractivity contribution in [2.24, 2.45) is 0 Å². The van der Waals surface area contributed by atoms with E-state index in [1.165, 1.54) is 23.1 Å². The van der Waals surface area contributed by atoms with Gasteiger partial charge in [0.15, 0.2) is 0 Å². The molecule has 1 atom stereocenters. The fourth-order valence-corrected chi connectivity index (χ4v) is 34.8. The quantitative estimate of drug-likeness (QED) is 0.498. The van der Waals surface area contributed by atoms with Gasteiger partial charge in [0, 0.05) is 0 Å². The minimum absolute atomic E-state index is 0. The van der Waals surface area contributed by atoms with E-state index in [1.54, 1.807) is 16.7 Å². The van der Waals surface area contributed by atoms with Crippen molar-refractivity contribution < 1.29 is 43.4 Å². The molecule has 2 aliphatic rings. The van der Waals surface area contributed by atoms with Gasteiger partial charge in [-0.05, 0) is 0 Å². The number of halogens is 2. The van der Waals surface area contributed by atoms with Crippen LogP contribution in [0.5, 0.6) is 0 Å². The Kier molecular flexibility index (Phi) is 8.65. The molecular weight excluding hydrogens is 523 g/mol. The molecule has 1 unspecified atom stereocenters. The van der Waals surface area contributed by atoms with E-state index in [0.29, 0.717) is 0 Å². The minimum Gasteiger partial charge on any atom is -1.00 e. The van der Waals surface area contributed by atoms with Crippen molar-refractivity contribution in [3.05, 3.63) is 92.3 Å². The largest absolute Gasteiger partial charge is 1.00 e. The van der Waals surface area contributed by atoms with Crippen LogP contribution in [0.1, 0.15) is 40.6 Å². The summed E-state index contributed by atoms with van der Waals surface area (Å²) in [6.07, 6.45) is 6.29. The van der Waals surface area contributed by atoms with Crippen LogP contribution in [0.2, 0.25) is 11.5 Å². The SMILES string of the molecule is CC1=C(C)[CH]([Zr+2]([C]2=CC(c3ccccc3)=CC2)=[Ge]([CH3])[CH3])c2ccccc21.[Cl-].[Cl-]. The van der Waals surface area contributed by atoms with Crippen LogP contribution in [0.25, 0.3) is 11.1 Å². The summed E-state index contributed by atoms with van der Waals surface area (Å²) in [5, 5.41) is 0. The fourth-order valence-electron chi connectivity index (χ4n) is 4.46. The minimum atomic E-state index is -1.70. The van der Waals surface area contributed by atoms with Gasteiger partial charge in [-0.3, -0.25) is 0 Å². The van der Waals surface area contributed by atoms with Gasteiger partial charge in [0.2, 0.25) is 0 Å². The Bertz CT molecular complexity index is 996. The van der Waals surface area contributed by atoms with Crippen molar-refractivity contribution in [1.82, 2.24) is 0 Å². The fraction of sp³-hybridized carbons (Fsp3) is 0.250. The van der Waals surface area contributed by atoms with Gasteiger partial charge in [-0.25, -0.2) is 0 Å². The number of rotatable bonds is 3. The summed E-state index contributed by atoms with van der Waals surface area (Å²) in [5.74, 6) is 5.28. The van der Waals surface area contributed by atoms with E-state index >= 15 is 0 Å². The molecule has 28 heavy (non-hydrogen) atoms. The molecule has 0 heterocycles. The smallest absolute Gasteiger partial charge is 1.00 e. The van der Waals surface area contributed by atoms with Gasteiger partial charge in [-0.15, -0.1) is 0 Å². The summed E-state index contributed by atoms with van der Waals surface area (Å²) < 4.78 is 2.65.